The minimum Gasteiger partial charge on any atom is -0.356 e. The minimum absolute atomic E-state index is 0.00827. The Balaban J connectivity index is 2.53. The van der Waals surface area contributed by atoms with Crippen molar-refractivity contribution in [3.8, 4) is 0 Å². The van der Waals surface area contributed by atoms with Gasteiger partial charge in [-0.3, -0.25) is 4.57 Å². The first-order chi connectivity index (χ1) is 5.64. The van der Waals surface area contributed by atoms with E-state index < -0.39 is 7.60 Å². The van der Waals surface area contributed by atoms with Crippen molar-refractivity contribution in [1.82, 2.24) is 0 Å². The molecule has 0 N–H and O–H groups in total. The molecule has 72 valence electrons. The molecule has 1 fully saturated rings. The van der Waals surface area contributed by atoms with Gasteiger partial charge in [0.25, 0.3) is 0 Å². The van der Waals surface area contributed by atoms with Crippen molar-refractivity contribution in [1.29, 1.82) is 0 Å². The van der Waals surface area contributed by atoms with Crippen molar-refractivity contribution in [3.63, 3.8) is 0 Å². The summed E-state index contributed by atoms with van der Waals surface area (Å²) in [5.41, 5.74) is 0. The Labute approximate surface area is 72.7 Å². The molecule has 1 rings (SSSR count). The molecule has 0 saturated carbocycles. The fourth-order valence-electron chi connectivity index (χ4n) is 1.05. The second-order valence-corrected chi connectivity index (χ2v) is 4.71. The number of ether oxygens (including phenoxy) is 1. The fraction of sp³-hybridized carbons (Fsp3) is 1.00. The van der Waals surface area contributed by atoms with Crippen LogP contribution in [0.3, 0.4) is 0 Å². The van der Waals surface area contributed by atoms with Crippen LogP contribution in [0.4, 0.5) is 0 Å². The average Bonchev–Trinajstić information content (AvgIpc) is 2.68. The Morgan fingerprint density at radius 2 is 1.75 bits per heavy atom. The molecule has 4 nitrogen and oxygen atoms in total. The first-order valence-electron chi connectivity index (χ1n) is 4.18. The van der Waals surface area contributed by atoms with Crippen LogP contribution in [0.5, 0.6) is 0 Å². The van der Waals surface area contributed by atoms with Crippen molar-refractivity contribution in [2.45, 2.75) is 32.7 Å². The van der Waals surface area contributed by atoms with Crippen LogP contribution in [0.25, 0.3) is 0 Å². The molecule has 0 aromatic heterocycles. The van der Waals surface area contributed by atoms with Gasteiger partial charge >= 0.3 is 7.60 Å². The van der Waals surface area contributed by atoms with E-state index in [1.165, 1.54) is 0 Å². The standard InChI is InChI=1S/C7H15O4P/c1-4-9-12(8,10-5-2)7-6(3)11-7/h6-7H,4-5H2,1-3H3. The Morgan fingerprint density at radius 1 is 1.33 bits per heavy atom. The molecule has 0 radical (unpaired) electrons. The maximum atomic E-state index is 11.8. The normalized spacial score (nSPS) is 28.9. The second-order valence-electron chi connectivity index (χ2n) is 2.61. The summed E-state index contributed by atoms with van der Waals surface area (Å²) in [7, 11) is -2.96. The molecule has 0 aromatic carbocycles. The molecule has 0 amide bonds. The van der Waals surface area contributed by atoms with Crippen molar-refractivity contribution >= 4 is 7.60 Å². The van der Waals surface area contributed by atoms with Gasteiger partial charge in [-0.15, -0.1) is 0 Å². The van der Waals surface area contributed by atoms with Gasteiger partial charge < -0.3 is 13.8 Å². The number of epoxide rings is 1. The monoisotopic (exact) mass is 194 g/mol. The average molecular weight is 194 g/mol. The van der Waals surface area contributed by atoms with E-state index >= 15 is 0 Å². The lowest BCUT2D eigenvalue weighted by molar-refractivity contribution is 0.208. The summed E-state index contributed by atoms with van der Waals surface area (Å²) in [6, 6.07) is 0. The van der Waals surface area contributed by atoms with Crippen LogP contribution in [0, 0.1) is 0 Å². The maximum absolute atomic E-state index is 11.8. The van der Waals surface area contributed by atoms with Gasteiger partial charge in [-0.25, -0.2) is 0 Å². The fourth-order valence-corrected chi connectivity index (χ4v) is 2.99. The first kappa shape index (κ1) is 10.2. The van der Waals surface area contributed by atoms with Crippen LogP contribution < -0.4 is 0 Å². The predicted octanol–water partition coefficient (Wildman–Crippen LogP) is 2.00. The third-order valence-electron chi connectivity index (χ3n) is 1.61. The predicted molar refractivity (Wildman–Crippen MR) is 45.2 cm³/mol. The topological polar surface area (TPSA) is 48.1 Å². The highest BCUT2D eigenvalue weighted by Crippen LogP contribution is 2.61. The van der Waals surface area contributed by atoms with Gasteiger partial charge in [0, 0.05) is 0 Å². The number of hydrogen-bond acceptors (Lipinski definition) is 4. The van der Waals surface area contributed by atoms with Crippen LogP contribution in [0.15, 0.2) is 0 Å². The van der Waals surface area contributed by atoms with Crippen LogP contribution in [-0.4, -0.2) is 25.2 Å². The van der Waals surface area contributed by atoms with E-state index in [0.717, 1.165) is 0 Å². The molecule has 0 aliphatic carbocycles. The van der Waals surface area contributed by atoms with Gasteiger partial charge in [0.15, 0.2) is 5.85 Å². The maximum Gasteiger partial charge on any atom is 0.361 e. The Hall–Kier alpha value is 0.110. The SMILES string of the molecule is CCOP(=O)(OCC)C1OC1C. The summed E-state index contributed by atoms with van der Waals surface area (Å²) in [4.78, 5) is 0. The highest BCUT2D eigenvalue weighted by molar-refractivity contribution is 7.54. The summed E-state index contributed by atoms with van der Waals surface area (Å²) < 4.78 is 27.0. The highest BCUT2D eigenvalue weighted by atomic mass is 31.2. The molecule has 0 aromatic rings. The zero-order valence-corrected chi connectivity index (χ0v) is 8.54. The van der Waals surface area contributed by atoms with E-state index in [2.05, 4.69) is 0 Å². The zero-order valence-electron chi connectivity index (χ0n) is 7.65. The van der Waals surface area contributed by atoms with E-state index in [0.29, 0.717) is 13.2 Å². The van der Waals surface area contributed by atoms with Crippen molar-refractivity contribution in [3.05, 3.63) is 0 Å². The van der Waals surface area contributed by atoms with Gasteiger partial charge in [-0.05, 0) is 20.8 Å². The van der Waals surface area contributed by atoms with E-state index in [1.807, 2.05) is 6.92 Å². The number of rotatable bonds is 5. The Bertz CT molecular complexity index is 184. The lowest BCUT2D eigenvalue weighted by atomic mass is 10.6. The molecule has 0 bridgehead atoms. The van der Waals surface area contributed by atoms with Gasteiger partial charge in [0.1, 0.15) is 0 Å². The molecule has 1 aliphatic rings. The molecule has 1 aliphatic heterocycles. The van der Waals surface area contributed by atoms with Gasteiger partial charge in [-0.2, -0.15) is 0 Å². The van der Waals surface area contributed by atoms with E-state index in [9.17, 15) is 4.57 Å². The molecule has 5 heteroatoms. The molecule has 2 unspecified atom stereocenters. The summed E-state index contributed by atoms with van der Waals surface area (Å²) in [6.45, 7) is 6.22. The summed E-state index contributed by atoms with van der Waals surface area (Å²) in [5.74, 6) is -0.336. The summed E-state index contributed by atoms with van der Waals surface area (Å²) in [6.07, 6.45) is 0.00827. The quantitative estimate of drug-likeness (QED) is 0.496. The van der Waals surface area contributed by atoms with Gasteiger partial charge in [0.2, 0.25) is 0 Å². The van der Waals surface area contributed by atoms with Crippen LogP contribution in [0.2, 0.25) is 0 Å². The Morgan fingerprint density at radius 3 is 2.00 bits per heavy atom. The van der Waals surface area contributed by atoms with E-state index in [1.54, 1.807) is 13.8 Å². The van der Waals surface area contributed by atoms with E-state index in [-0.39, 0.29) is 11.9 Å². The largest absolute Gasteiger partial charge is 0.361 e. The molecule has 1 heterocycles. The van der Waals surface area contributed by atoms with Crippen molar-refractivity contribution in [2.75, 3.05) is 13.2 Å². The molecular weight excluding hydrogens is 179 g/mol. The van der Waals surface area contributed by atoms with Gasteiger partial charge in [0.05, 0.1) is 19.3 Å². The molecule has 2 atom stereocenters. The molecule has 1 saturated heterocycles. The minimum atomic E-state index is -2.96. The first-order valence-corrected chi connectivity index (χ1v) is 5.79. The molecular formula is C7H15O4P. The molecule has 0 spiro atoms. The van der Waals surface area contributed by atoms with E-state index in [4.69, 9.17) is 13.8 Å². The van der Waals surface area contributed by atoms with Crippen LogP contribution >= 0.6 is 7.60 Å². The lowest BCUT2D eigenvalue weighted by Crippen LogP contribution is -2.02. The third-order valence-corrected chi connectivity index (χ3v) is 4.01. The zero-order chi connectivity index (χ0) is 9.19. The smallest absolute Gasteiger partial charge is 0.356 e. The number of hydrogen-bond donors (Lipinski definition) is 0. The van der Waals surface area contributed by atoms with Crippen molar-refractivity contribution in [2.24, 2.45) is 0 Å². The van der Waals surface area contributed by atoms with Gasteiger partial charge in [-0.1, -0.05) is 0 Å². The summed E-state index contributed by atoms with van der Waals surface area (Å²) in [5, 5.41) is 0. The summed E-state index contributed by atoms with van der Waals surface area (Å²) >= 11 is 0. The second kappa shape index (κ2) is 3.88. The highest BCUT2D eigenvalue weighted by Gasteiger charge is 2.52. The van der Waals surface area contributed by atoms with Crippen LogP contribution in [-0.2, 0) is 18.3 Å². The Kier molecular flexibility index (Phi) is 3.29. The van der Waals surface area contributed by atoms with Crippen LogP contribution in [0.1, 0.15) is 20.8 Å². The van der Waals surface area contributed by atoms with Crippen molar-refractivity contribution < 1.29 is 18.3 Å². The lowest BCUT2D eigenvalue weighted by Gasteiger charge is -2.13. The molecule has 12 heavy (non-hydrogen) atoms. The third kappa shape index (κ3) is 2.07.